The number of phenols is 1. The van der Waals surface area contributed by atoms with Crippen LogP contribution in [0.2, 0.25) is 0 Å². The highest BCUT2D eigenvalue weighted by atomic mass is 79.9. The maximum absolute atomic E-state index is 13.1. The average Bonchev–Trinajstić information content (AvgIpc) is 2.62. The number of aromatic nitrogens is 2. The second-order valence-electron chi connectivity index (χ2n) is 7.25. The van der Waals surface area contributed by atoms with Crippen LogP contribution < -0.4 is 10.3 Å². The van der Waals surface area contributed by atoms with Gasteiger partial charge in [0.2, 0.25) is 0 Å². The van der Waals surface area contributed by atoms with Gasteiger partial charge in [0.25, 0.3) is 5.56 Å². The van der Waals surface area contributed by atoms with E-state index in [-0.39, 0.29) is 11.3 Å². The number of aromatic hydroxyl groups is 1. The third-order valence-corrected chi connectivity index (χ3v) is 5.03. The van der Waals surface area contributed by atoms with Gasteiger partial charge in [0.1, 0.15) is 5.82 Å². The molecule has 0 atom stereocenters. The van der Waals surface area contributed by atoms with Crippen LogP contribution in [0.4, 0.5) is 0 Å². The number of rotatable bonds is 3. The molecule has 2 aromatic carbocycles. The maximum Gasteiger partial charge on any atom is 0.282 e. The SMILES string of the molecule is COc1cc(Br)cc(C=Nn2c(C(C)(C)C)nc3ccc(Br)cc3c2=O)c1O. The molecule has 0 spiro atoms. The topological polar surface area (TPSA) is 76.7 Å². The number of fused-ring (bicyclic) bond motifs is 1. The van der Waals surface area contributed by atoms with Crippen LogP contribution in [0.15, 0.2) is 49.2 Å². The highest BCUT2D eigenvalue weighted by Crippen LogP contribution is 2.32. The number of ether oxygens (including phenoxy) is 1. The zero-order valence-electron chi connectivity index (χ0n) is 15.8. The second kappa shape index (κ2) is 7.67. The van der Waals surface area contributed by atoms with Gasteiger partial charge in [-0.3, -0.25) is 4.79 Å². The molecule has 0 aliphatic carbocycles. The van der Waals surface area contributed by atoms with E-state index in [2.05, 4.69) is 41.9 Å². The van der Waals surface area contributed by atoms with Crippen molar-refractivity contribution >= 4 is 49.0 Å². The molecule has 0 unspecified atom stereocenters. The summed E-state index contributed by atoms with van der Waals surface area (Å²) in [6.45, 7) is 5.89. The molecular weight excluding hydrogens is 490 g/mol. The van der Waals surface area contributed by atoms with Gasteiger partial charge in [-0.25, -0.2) is 4.98 Å². The molecule has 28 heavy (non-hydrogen) atoms. The first-order valence-corrected chi connectivity index (χ1v) is 10.0. The Morgan fingerprint density at radius 2 is 1.89 bits per heavy atom. The number of hydrogen-bond acceptors (Lipinski definition) is 5. The normalized spacial score (nSPS) is 12.1. The summed E-state index contributed by atoms with van der Waals surface area (Å²) >= 11 is 6.77. The van der Waals surface area contributed by atoms with Crippen molar-refractivity contribution < 1.29 is 9.84 Å². The van der Waals surface area contributed by atoms with Gasteiger partial charge in [-0.1, -0.05) is 52.6 Å². The molecular formula is C20H19Br2N3O3. The van der Waals surface area contributed by atoms with Gasteiger partial charge >= 0.3 is 0 Å². The van der Waals surface area contributed by atoms with Crippen LogP contribution in [0.5, 0.6) is 11.5 Å². The molecule has 0 saturated carbocycles. The van der Waals surface area contributed by atoms with Gasteiger partial charge in [-0.2, -0.15) is 9.78 Å². The molecule has 8 heteroatoms. The minimum absolute atomic E-state index is 0.0590. The molecule has 0 aliphatic rings. The number of nitrogens with zero attached hydrogens (tertiary/aromatic N) is 3. The summed E-state index contributed by atoms with van der Waals surface area (Å²) in [4.78, 5) is 17.8. The summed E-state index contributed by atoms with van der Waals surface area (Å²) in [7, 11) is 1.47. The third kappa shape index (κ3) is 3.98. The molecule has 3 aromatic rings. The van der Waals surface area contributed by atoms with Crippen molar-refractivity contribution in [3.05, 3.63) is 61.0 Å². The molecule has 3 rings (SSSR count). The lowest BCUT2D eigenvalue weighted by molar-refractivity contribution is 0.373. The smallest absolute Gasteiger partial charge is 0.282 e. The quantitative estimate of drug-likeness (QED) is 0.515. The fraction of sp³-hybridized carbons (Fsp3) is 0.250. The average molecular weight is 509 g/mol. The number of phenolic OH excluding ortho intramolecular Hbond substituents is 1. The Balaban J connectivity index is 2.25. The van der Waals surface area contributed by atoms with Crippen LogP contribution in [0.25, 0.3) is 10.9 Å². The van der Waals surface area contributed by atoms with Crippen LogP contribution in [-0.2, 0) is 5.41 Å². The van der Waals surface area contributed by atoms with E-state index in [9.17, 15) is 9.90 Å². The lowest BCUT2D eigenvalue weighted by Gasteiger charge is -2.21. The number of halogens is 2. The molecule has 0 saturated heterocycles. The van der Waals surface area contributed by atoms with Crippen molar-refractivity contribution in [3.63, 3.8) is 0 Å². The minimum atomic E-state index is -0.422. The Morgan fingerprint density at radius 3 is 2.54 bits per heavy atom. The Hall–Kier alpha value is -2.19. The predicted molar refractivity (Wildman–Crippen MR) is 118 cm³/mol. The number of benzene rings is 2. The maximum atomic E-state index is 13.1. The molecule has 0 amide bonds. The van der Waals surface area contributed by atoms with Gasteiger partial charge in [0.15, 0.2) is 11.5 Å². The summed E-state index contributed by atoms with van der Waals surface area (Å²) in [5.41, 5.74) is 0.312. The van der Waals surface area contributed by atoms with Crippen molar-refractivity contribution in [1.29, 1.82) is 0 Å². The molecule has 1 heterocycles. The van der Waals surface area contributed by atoms with E-state index in [1.165, 1.54) is 18.0 Å². The van der Waals surface area contributed by atoms with Crippen molar-refractivity contribution in [2.45, 2.75) is 26.2 Å². The Morgan fingerprint density at radius 1 is 1.18 bits per heavy atom. The highest BCUT2D eigenvalue weighted by molar-refractivity contribution is 9.10. The van der Waals surface area contributed by atoms with Crippen LogP contribution in [0, 0.1) is 0 Å². The monoisotopic (exact) mass is 507 g/mol. The predicted octanol–water partition coefficient (Wildman–Crippen LogP) is 4.82. The zero-order valence-corrected chi connectivity index (χ0v) is 19.0. The zero-order chi connectivity index (χ0) is 20.6. The summed E-state index contributed by atoms with van der Waals surface area (Å²) in [5.74, 6) is 0.765. The van der Waals surface area contributed by atoms with Crippen molar-refractivity contribution in [1.82, 2.24) is 9.66 Å². The summed E-state index contributed by atoms with van der Waals surface area (Å²) in [6.07, 6.45) is 1.42. The van der Waals surface area contributed by atoms with E-state index in [4.69, 9.17) is 4.74 Å². The standard InChI is InChI=1S/C20H19Br2N3O3/c1-20(2,3)19-24-15-6-5-12(21)8-14(15)18(27)25(19)23-10-11-7-13(22)9-16(28-4)17(11)26/h5-10,26H,1-4H3. The van der Waals surface area contributed by atoms with E-state index in [0.29, 0.717) is 32.5 Å². The minimum Gasteiger partial charge on any atom is -0.504 e. The van der Waals surface area contributed by atoms with Crippen LogP contribution >= 0.6 is 31.9 Å². The molecule has 0 bridgehead atoms. The van der Waals surface area contributed by atoms with Crippen LogP contribution in [0.1, 0.15) is 32.2 Å². The van der Waals surface area contributed by atoms with Crippen molar-refractivity contribution in [2.75, 3.05) is 7.11 Å². The van der Waals surface area contributed by atoms with Gasteiger partial charge < -0.3 is 9.84 Å². The van der Waals surface area contributed by atoms with Gasteiger partial charge in [0.05, 0.1) is 24.2 Å². The second-order valence-corrected chi connectivity index (χ2v) is 9.09. The van der Waals surface area contributed by atoms with E-state index in [1.54, 1.807) is 24.3 Å². The first-order chi connectivity index (χ1) is 13.1. The Bertz CT molecular complexity index is 1150. The highest BCUT2D eigenvalue weighted by Gasteiger charge is 2.23. The molecule has 0 aliphatic heterocycles. The van der Waals surface area contributed by atoms with Gasteiger partial charge in [-0.05, 0) is 30.3 Å². The van der Waals surface area contributed by atoms with Crippen molar-refractivity contribution in [2.24, 2.45) is 5.10 Å². The lowest BCUT2D eigenvalue weighted by atomic mass is 9.95. The summed E-state index contributed by atoms with van der Waals surface area (Å²) in [5, 5.41) is 15.2. The van der Waals surface area contributed by atoms with Crippen molar-refractivity contribution in [3.8, 4) is 11.5 Å². The molecule has 6 nitrogen and oxygen atoms in total. The number of methoxy groups -OCH3 is 1. The summed E-state index contributed by atoms with van der Waals surface area (Å²) < 4.78 is 7.94. The lowest BCUT2D eigenvalue weighted by Crippen LogP contribution is -2.29. The Kier molecular flexibility index (Phi) is 5.63. The molecule has 1 N–H and O–H groups in total. The first kappa shape index (κ1) is 20.5. The first-order valence-electron chi connectivity index (χ1n) is 8.45. The van der Waals surface area contributed by atoms with Crippen LogP contribution in [-0.4, -0.2) is 28.1 Å². The fourth-order valence-corrected chi connectivity index (χ4v) is 3.53. The molecule has 146 valence electrons. The third-order valence-electron chi connectivity index (χ3n) is 4.08. The van der Waals surface area contributed by atoms with E-state index in [0.717, 1.165) is 4.47 Å². The van der Waals surface area contributed by atoms with Gasteiger partial charge in [-0.15, -0.1) is 0 Å². The Labute approximate surface area is 179 Å². The van der Waals surface area contributed by atoms with Crippen LogP contribution in [0.3, 0.4) is 0 Å². The summed E-state index contributed by atoms with van der Waals surface area (Å²) in [6, 6.07) is 8.71. The largest absolute Gasteiger partial charge is 0.504 e. The van der Waals surface area contributed by atoms with E-state index >= 15 is 0 Å². The number of hydrogen-bond donors (Lipinski definition) is 1. The molecule has 0 radical (unpaired) electrons. The van der Waals surface area contributed by atoms with Gasteiger partial charge in [0, 0.05) is 19.9 Å². The van der Waals surface area contributed by atoms with E-state index in [1.807, 2.05) is 26.8 Å². The molecule has 0 fully saturated rings. The fourth-order valence-electron chi connectivity index (χ4n) is 2.71. The molecule has 1 aromatic heterocycles. The van der Waals surface area contributed by atoms with E-state index < -0.39 is 5.41 Å².